The van der Waals surface area contributed by atoms with Crippen LogP contribution < -0.4 is 5.32 Å². The van der Waals surface area contributed by atoms with E-state index in [1.807, 2.05) is 52.0 Å². The molecular weight excluding hydrogens is 418 g/mol. The van der Waals surface area contributed by atoms with E-state index in [2.05, 4.69) is 11.4 Å². The van der Waals surface area contributed by atoms with Crippen LogP contribution in [0.25, 0.3) is 0 Å². The zero-order chi connectivity index (χ0) is 25.0. The molecule has 6 heteroatoms. The van der Waals surface area contributed by atoms with Crippen molar-refractivity contribution in [3.05, 3.63) is 89.1 Å². The molecule has 0 spiro atoms. The lowest BCUT2D eigenvalue weighted by atomic mass is 10.0. The second-order valence-electron chi connectivity index (χ2n) is 7.92. The van der Waals surface area contributed by atoms with Gasteiger partial charge in [0, 0.05) is 6.42 Å². The third-order valence-corrected chi connectivity index (χ3v) is 4.95. The summed E-state index contributed by atoms with van der Waals surface area (Å²) in [5, 5.41) is 21.2. The SMILES string of the molecule is CC=C(C)C=C(C)C=CC=C(C)C=CC(=O)C(C)C(=O)NC(Cc1ccc(O)cc1)C(=O)O. The minimum absolute atomic E-state index is 0.0354. The zero-order valence-corrected chi connectivity index (χ0v) is 19.8. The predicted octanol–water partition coefficient (Wildman–Crippen LogP) is 4.68. The van der Waals surface area contributed by atoms with E-state index in [0.29, 0.717) is 5.56 Å². The molecule has 2 unspecified atom stereocenters. The topological polar surface area (TPSA) is 104 Å². The highest BCUT2D eigenvalue weighted by Crippen LogP contribution is 2.12. The maximum atomic E-state index is 12.4. The summed E-state index contributed by atoms with van der Waals surface area (Å²) in [6, 6.07) is 4.86. The number of carboxylic acid groups (broad SMARTS) is 1. The van der Waals surface area contributed by atoms with Crippen molar-refractivity contribution in [3.63, 3.8) is 0 Å². The van der Waals surface area contributed by atoms with Crippen LogP contribution in [0, 0.1) is 5.92 Å². The van der Waals surface area contributed by atoms with Gasteiger partial charge in [-0.25, -0.2) is 4.79 Å². The van der Waals surface area contributed by atoms with E-state index < -0.39 is 29.6 Å². The number of benzene rings is 1. The first-order valence-corrected chi connectivity index (χ1v) is 10.7. The number of hydrogen-bond donors (Lipinski definition) is 3. The molecule has 3 N–H and O–H groups in total. The Morgan fingerprint density at radius 2 is 1.61 bits per heavy atom. The number of hydrogen-bond acceptors (Lipinski definition) is 4. The molecule has 0 bridgehead atoms. The monoisotopic (exact) mass is 451 g/mol. The number of carbonyl (C=O) groups excluding carboxylic acids is 2. The molecule has 6 nitrogen and oxygen atoms in total. The fourth-order valence-electron chi connectivity index (χ4n) is 2.75. The second kappa shape index (κ2) is 13.7. The van der Waals surface area contributed by atoms with Crippen LogP contribution in [0.5, 0.6) is 5.75 Å². The fraction of sp³-hybridized carbons (Fsp3) is 0.296. The van der Waals surface area contributed by atoms with E-state index in [1.54, 1.807) is 18.2 Å². The van der Waals surface area contributed by atoms with Crippen molar-refractivity contribution in [2.75, 3.05) is 0 Å². The van der Waals surface area contributed by atoms with Crippen LogP contribution in [0.3, 0.4) is 0 Å². The van der Waals surface area contributed by atoms with E-state index in [-0.39, 0.29) is 12.2 Å². The largest absolute Gasteiger partial charge is 0.508 e. The van der Waals surface area contributed by atoms with E-state index in [9.17, 15) is 24.6 Å². The van der Waals surface area contributed by atoms with E-state index in [1.165, 1.54) is 30.7 Å². The standard InChI is InChI=1S/C27H33NO5/c1-6-18(2)16-20(4)9-7-8-19(3)10-15-25(30)21(5)26(31)28-24(27(32)33)17-22-11-13-23(29)14-12-22/h6-16,21,24,29H,17H2,1-5H3,(H,28,31)(H,32,33). The molecular formula is C27H33NO5. The Morgan fingerprint density at radius 1 is 0.970 bits per heavy atom. The van der Waals surface area contributed by atoms with Crippen molar-refractivity contribution in [2.45, 2.75) is 47.1 Å². The third-order valence-electron chi connectivity index (χ3n) is 4.95. The lowest BCUT2D eigenvalue weighted by Gasteiger charge is -2.17. The molecule has 0 saturated heterocycles. The summed E-state index contributed by atoms with van der Waals surface area (Å²) in [6.07, 6.45) is 12.8. The van der Waals surface area contributed by atoms with Gasteiger partial charge in [-0.3, -0.25) is 9.59 Å². The molecule has 1 amide bonds. The van der Waals surface area contributed by atoms with Gasteiger partial charge in [0.1, 0.15) is 11.8 Å². The Morgan fingerprint density at radius 3 is 2.18 bits per heavy atom. The molecule has 0 saturated carbocycles. The lowest BCUT2D eigenvalue weighted by molar-refractivity contribution is -0.143. The van der Waals surface area contributed by atoms with Gasteiger partial charge in [-0.2, -0.15) is 0 Å². The molecule has 176 valence electrons. The number of aromatic hydroxyl groups is 1. The Balaban J connectivity index is 2.72. The summed E-state index contributed by atoms with van der Waals surface area (Å²) < 4.78 is 0. The van der Waals surface area contributed by atoms with E-state index >= 15 is 0 Å². The number of amides is 1. The maximum absolute atomic E-state index is 12.4. The Hall–Kier alpha value is -3.67. The maximum Gasteiger partial charge on any atom is 0.326 e. The van der Waals surface area contributed by atoms with Crippen molar-refractivity contribution in [2.24, 2.45) is 5.92 Å². The summed E-state index contributed by atoms with van der Waals surface area (Å²) in [5.74, 6) is -3.24. The van der Waals surface area contributed by atoms with Gasteiger partial charge in [0.15, 0.2) is 5.78 Å². The molecule has 0 aromatic heterocycles. The number of carbonyl (C=O) groups is 3. The summed E-state index contributed by atoms with van der Waals surface area (Å²) in [7, 11) is 0. The highest BCUT2D eigenvalue weighted by Gasteiger charge is 2.26. The highest BCUT2D eigenvalue weighted by molar-refractivity contribution is 6.07. The number of allylic oxidation sites excluding steroid dienone is 10. The Bertz CT molecular complexity index is 994. The van der Waals surface area contributed by atoms with Crippen LogP contribution in [0.1, 0.15) is 40.2 Å². The zero-order valence-electron chi connectivity index (χ0n) is 19.8. The van der Waals surface area contributed by atoms with Crippen molar-refractivity contribution < 1.29 is 24.6 Å². The van der Waals surface area contributed by atoms with Gasteiger partial charge < -0.3 is 15.5 Å². The molecule has 33 heavy (non-hydrogen) atoms. The minimum atomic E-state index is -1.20. The molecule has 0 aliphatic rings. The van der Waals surface area contributed by atoms with Crippen molar-refractivity contribution in [1.82, 2.24) is 5.32 Å². The number of ketones is 1. The number of rotatable bonds is 11. The molecule has 0 heterocycles. The van der Waals surface area contributed by atoms with Crippen molar-refractivity contribution in [1.29, 1.82) is 0 Å². The van der Waals surface area contributed by atoms with Gasteiger partial charge in [-0.15, -0.1) is 0 Å². The molecule has 2 atom stereocenters. The predicted molar refractivity (Wildman–Crippen MR) is 131 cm³/mol. The first-order chi connectivity index (χ1) is 15.5. The number of aliphatic carboxylic acids is 1. The van der Waals surface area contributed by atoms with Gasteiger partial charge in [-0.1, -0.05) is 65.3 Å². The summed E-state index contributed by atoms with van der Waals surface area (Å²) in [4.78, 5) is 36.4. The highest BCUT2D eigenvalue weighted by atomic mass is 16.4. The van der Waals surface area contributed by atoms with Gasteiger partial charge in [0.2, 0.25) is 5.91 Å². The first kappa shape index (κ1) is 27.4. The molecule has 1 aromatic rings. The number of carboxylic acids is 1. The van der Waals surface area contributed by atoms with Crippen molar-refractivity contribution in [3.8, 4) is 5.75 Å². The van der Waals surface area contributed by atoms with Crippen LogP contribution in [-0.2, 0) is 20.8 Å². The number of phenolic OH excluding ortho intramolecular Hbond substituents is 1. The fourth-order valence-corrected chi connectivity index (χ4v) is 2.75. The molecule has 0 aliphatic heterocycles. The van der Waals surface area contributed by atoms with E-state index in [0.717, 1.165) is 11.1 Å². The summed E-state index contributed by atoms with van der Waals surface area (Å²) >= 11 is 0. The first-order valence-electron chi connectivity index (χ1n) is 10.7. The lowest BCUT2D eigenvalue weighted by Crippen LogP contribution is -2.45. The average molecular weight is 452 g/mol. The van der Waals surface area contributed by atoms with E-state index in [4.69, 9.17) is 0 Å². The average Bonchev–Trinajstić information content (AvgIpc) is 2.77. The van der Waals surface area contributed by atoms with Crippen LogP contribution in [-0.4, -0.2) is 33.9 Å². The van der Waals surface area contributed by atoms with Gasteiger partial charge in [0.05, 0.1) is 5.92 Å². The Kier molecular flexibility index (Phi) is 11.3. The van der Waals surface area contributed by atoms with Crippen LogP contribution in [0.2, 0.25) is 0 Å². The second-order valence-corrected chi connectivity index (χ2v) is 7.92. The Labute approximate surface area is 195 Å². The van der Waals surface area contributed by atoms with Crippen LogP contribution >= 0.6 is 0 Å². The number of phenols is 1. The van der Waals surface area contributed by atoms with Gasteiger partial charge in [0.25, 0.3) is 0 Å². The molecule has 1 rings (SSSR count). The summed E-state index contributed by atoms with van der Waals surface area (Å²) in [6.45, 7) is 9.29. The molecule has 0 fully saturated rings. The quantitative estimate of drug-likeness (QED) is 0.257. The number of nitrogens with one attached hydrogen (secondary N) is 1. The van der Waals surface area contributed by atoms with Crippen LogP contribution in [0.4, 0.5) is 0 Å². The molecule has 0 aliphatic carbocycles. The van der Waals surface area contributed by atoms with Gasteiger partial charge >= 0.3 is 5.97 Å². The smallest absolute Gasteiger partial charge is 0.326 e. The van der Waals surface area contributed by atoms with Gasteiger partial charge in [-0.05, 0) is 58.4 Å². The summed E-state index contributed by atoms with van der Waals surface area (Å²) in [5.41, 5.74) is 3.74. The molecule has 1 aromatic carbocycles. The molecule has 0 radical (unpaired) electrons. The third kappa shape index (κ3) is 10.5. The normalized spacial score (nSPS) is 15.0. The van der Waals surface area contributed by atoms with Crippen LogP contribution in [0.15, 0.2) is 83.5 Å². The minimum Gasteiger partial charge on any atom is -0.508 e. The van der Waals surface area contributed by atoms with Crippen molar-refractivity contribution >= 4 is 17.7 Å².